The molecule has 1 aromatic carbocycles. The monoisotopic (exact) mass is 264 g/mol. The first-order valence-electron chi connectivity index (χ1n) is 6.45. The molecule has 0 radical (unpaired) electrons. The van der Waals surface area contributed by atoms with Gasteiger partial charge in [0.1, 0.15) is 5.82 Å². The van der Waals surface area contributed by atoms with Crippen LogP contribution in [-0.4, -0.2) is 29.3 Å². The van der Waals surface area contributed by atoms with E-state index in [2.05, 4.69) is 5.32 Å². The molecule has 5 heteroatoms. The maximum absolute atomic E-state index is 12.7. The molecule has 0 aliphatic carbocycles. The third-order valence-corrected chi connectivity index (χ3v) is 3.36. The molecule has 1 atom stereocenters. The van der Waals surface area contributed by atoms with E-state index >= 15 is 0 Å². The number of benzene rings is 1. The van der Waals surface area contributed by atoms with Crippen LogP contribution < -0.4 is 5.32 Å². The fourth-order valence-corrected chi connectivity index (χ4v) is 2.25. The lowest BCUT2D eigenvalue weighted by molar-refractivity contribution is -0.145. The summed E-state index contributed by atoms with van der Waals surface area (Å²) in [5, 5.41) is 2.49. The highest BCUT2D eigenvalue weighted by Crippen LogP contribution is 2.17. The average molecular weight is 264 g/mol. The van der Waals surface area contributed by atoms with Crippen molar-refractivity contribution >= 4 is 17.5 Å². The molecule has 1 aliphatic rings. The Hall–Kier alpha value is -1.91. The molecule has 2 amide bonds. The average Bonchev–Trinajstić information content (AvgIpc) is 2.41. The van der Waals surface area contributed by atoms with Gasteiger partial charge in [-0.3, -0.25) is 9.59 Å². The molecule has 0 saturated carbocycles. The molecule has 1 fully saturated rings. The molecule has 1 N–H and O–H groups in total. The largest absolute Gasteiger partial charge is 0.332 e. The number of amides is 2. The van der Waals surface area contributed by atoms with Crippen LogP contribution in [0.5, 0.6) is 0 Å². The molecular weight excluding hydrogens is 247 g/mol. The number of likely N-dealkylation sites (tertiary alicyclic amines) is 1. The predicted octanol–water partition coefficient (Wildman–Crippen LogP) is 2.17. The van der Waals surface area contributed by atoms with Gasteiger partial charge in [0, 0.05) is 18.3 Å². The Labute approximate surface area is 111 Å². The zero-order valence-electron chi connectivity index (χ0n) is 10.9. The zero-order chi connectivity index (χ0) is 13.8. The van der Waals surface area contributed by atoms with Crippen LogP contribution in [0.25, 0.3) is 0 Å². The van der Waals surface area contributed by atoms with Crippen LogP contribution in [0.3, 0.4) is 0 Å². The number of halogens is 1. The van der Waals surface area contributed by atoms with Gasteiger partial charge in [0.15, 0.2) is 0 Å². The number of carbonyl (C=O) groups excluding carboxylic acids is 2. The van der Waals surface area contributed by atoms with Gasteiger partial charge in [0.2, 0.25) is 0 Å². The molecule has 0 aromatic heterocycles. The first-order chi connectivity index (χ1) is 9.08. The Balaban J connectivity index is 1.99. The lowest BCUT2D eigenvalue weighted by Gasteiger charge is -2.32. The number of rotatable bonds is 1. The van der Waals surface area contributed by atoms with Crippen molar-refractivity contribution in [1.82, 2.24) is 4.90 Å². The van der Waals surface area contributed by atoms with Crippen molar-refractivity contribution in [2.75, 3.05) is 11.9 Å². The summed E-state index contributed by atoms with van der Waals surface area (Å²) in [4.78, 5) is 25.5. The molecule has 1 aromatic rings. The second-order valence-corrected chi connectivity index (χ2v) is 4.80. The molecule has 1 aliphatic heterocycles. The van der Waals surface area contributed by atoms with Gasteiger partial charge in [-0.2, -0.15) is 0 Å². The molecule has 0 bridgehead atoms. The smallest absolute Gasteiger partial charge is 0.313 e. The molecule has 1 saturated heterocycles. The Bertz CT molecular complexity index is 473. The molecule has 1 unspecified atom stereocenters. The third kappa shape index (κ3) is 3.30. The minimum Gasteiger partial charge on any atom is -0.332 e. The molecule has 2 rings (SSSR count). The van der Waals surface area contributed by atoms with Crippen LogP contribution in [-0.2, 0) is 9.59 Å². The molecule has 19 heavy (non-hydrogen) atoms. The summed E-state index contributed by atoms with van der Waals surface area (Å²) in [6, 6.07) is 5.44. The van der Waals surface area contributed by atoms with Crippen LogP contribution >= 0.6 is 0 Å². The van der Waals surface area contributed by atoms with Crippen molar-refractivity contribution in [3.8, 4) is 0 Å². The van der Waals surface area contributed by atoms with Crippen molar-refractivity contribution in [1.29, 1.82) is 0 Å². The standard InChI is InChI=1S/C14H17FN2O2/c1-10-4-2-3-9-17(10)14(19)13(18)16-12-7-5-11(15)6-8-12/h5-8,10H,2-4,9H2,1H3,(H,16,18). The quantitative estimate of drug-likeness (QED) is 0.790. The summed E-state index contributed by atoms with van der Waals surface area (Å²) in [7, 11) is 0. The lowest BCUT2D eigenvalue weighted by Crippen LogP contribution is -2.47. The summed E-state index contributed by atoms with van der Waals surface area (Å²) in [5.74, 6) is -1.56. The first-order valence-corrected chi connectivity index (χ1v) is 6.45. The topological polar surface area (TPSA) is 49.4 Å². The van der Waals surface area contributed by atoms with Crippen LogP contribution in [0.2, 0.25) is 0 Å². The number of carbonyl (C=O) groups is 2. The highest BCUT2D eigenvalue weighted by atomic mass is 19.1. The Morgan fingerprint density at radius 2 is 1.95 bits per heavy atom. The van der Waals surface area contributed by atoms with Crippen LogP contribution in [0.1, 0.15) is 26.2 Å². The number of hydrogen-bond donors (Lipinski definition) is 1. The molecule has 102 valence electrons. The number of hydrogen-bond acceptors (Lipinski definition) is 2. The van der Waals surface area contributed by atoms with Gasteiger partial charge < -0.3 is 10.2 Å². The third-order valence-electron chi connectivity index (χ3n) is 3.36. The van der Waals surface area contributed by atoms with Gasteiger partial charge in [-0.05, 0) is 50.5 Å². The van der Waals surface area contributed by atoms with Crippen LogP contribution in [0, 0.1) is 5.82 Å². The SMILES string of the molecule is CC1CCCCN1C(=O)C(=O)Nc1ccc(F)cc1. The molecule has 4 nitrogen and oxygen atoms in total. The Morgan fingerprint density at radius 1 is 1.26 bits per heavy atom. The van der Waals surface area contributed by atoms with Gasteiger partial charge in [-0.1, -0.05) is 0 Å². The molecule has 0 spiro atoms. The van der Waals surface area contributed by atoms with E-state index < -0.39 is 11.8 Å². The summed E-state index contributed by atoms with van der Waals surface area (Å²) in [6.45, 7) is 2.57. The second-order valence-electron chi connectivity index (χ2n) is 4.80. The normalized spacial score (nSPS) is 19.1. The van der Waals surface area contributed by atoms with E-state index in [0.717, 1.165) is 19.3 Å². The van der Waals surface area contributed by atoms with Gasteiger partial charge in [0.05, 0.1) is 0 Å². The Morgan fingerprint density at radius 3 is 2.58 bits per heavy atom. The zero-order valence-corrected chi connectivity index (χ0v) is 10.9. The summed E-state index contributed by atoms with van der Waals surface area (Å²) < 4.78 is 12.7. The van der Waals surface area contributed by atoms with Crippen molar-refractivity contribution in [2.45, 2.75) is 32.2 Å². The van der Waals surface area contributed by atoms with E-state index in [9.17, 15) is 14.0 Å². The highest BCUT2D eigenvalue weighted by Gasteiger charge is 2.28. The minimum absolute atomic E-state index is 0.0974. The summed E-state index contributed by atoms with van der Waals surface area (Å²) >= 11 is 0. The molecule has 1 heterocycles. The van der Waals surface area contributed by atoms with Crippen molar-refractivity contribution < 1.29 is 14.0 Å². The van der Waals surface area contributed by atoms with Crippen molar-refractivity contribution in [3.63, 3.8) is 0 Å². The van der Waals surface area contributed by atoms with Gasteiger partial charge in [0.25, 0.3) is 0 Å². The molecular formula is C14H17FN2O2. The highest BCUT2D eigenvalue weighted by molar-refractivity contribution is 6.39. The summed E-state index contributed by atoms with van der Waals surface area (Å²) in [6.07, 6.45) is 2.94. The van der Waals surface area contributed by atoms with Crippen molar-refractivity contribution in [3.05, 3.63) is 30.1 Å². The lowest BCUT2D eigenvalue weighted by atomic mass is 10.0. The number of nitrogens with one attached hydrogen (secondary N) is 1. The fraction of sp³-hybridized carbons (Fsp3) is 0.429. The number of nitrogens with zero attached hydrogens (tertiary/aromatic N) is 1. The second kappa shape index (κ2) is 5.82. The van der Waals surface area contributed by atoms with E-state index in [1.807, 2.05) is 6.92 Å². The number of anilines is 1. The summed E-state index contributed by atoms with van der Waals surface area (Å²) in [5.41, 5.74) is 0.421. The van der Waals surface area contributed by atoms with E-state index in [1.54, 1.807) is 4.90 Å². The van der Waals surface area contributed by atoms with E-state index in [4.69, 9.17) is 0 Å². The predicted molar refractivity (Wildman–Crippen MR) is 70.1 cm³/mol. The van der Waals surface area contributed by atoms with E-state index in [-0.39, 0.29) is 11.9 Å². The van der Waals surface area contributed by atoms with E-state index in [1.165, 1.54) is 24.3 Å². The maximum atomic E-state index is 12.7. The van der Waals surface area contributed by atoms with Crippen LogP contribution in [0.15, 0.2) is 24.3 Å². The van der Waals surface area contributed by atoms with Gasteiger partial charge >= 0.3 is 11.8 Å². The minimum atomic E-state index is -0.666. The van der Waals surface area contributed by atoms with Crippen molar-refractivity contribution in [2.24, 2.45) is 0 Å². The first kappa shape index (κ1) is 13.5. The fourth-order valence-electron chi connectivity index (χ4n) is 2.25. The Kier molecular flexibility index (Phi) is 4.14. The van der Waals surface area contributed by atoms with Gasteiger partial charge in [-0.15, -0.1) is 0 Å². The van der Waals surface area contributed by atoms with Gasteiger partial charge in [-0.25, -0.2) is 4.39 Å². The maximum Gasteiger partial charge on any atom is 0.313 e. The number of piperidine rings is 1. The van der Waals surface area contributed by atoms with E-state index in [0.29, 0.717) is 12.2 Å². The van der Waals surface area contributed by atoms with Crippen LogP contribution in [0.4, 0.5) is 10.1 Å².